The van der Waals surface area contributed by atoms with Gasteiger partial charge < -0.3 is 9.47 Å². The van der Waals surface area contributed by atoms with Crippen molar-refractivity contribution in [2.45, 2.75) is 20.8 Å². The zero-order valence-electron chi connectivity index (χ0n) is 11.8. The largest absolute Gasteiger partial charge is 0.494 e. The highest BCUT2D eigenvalue weighted by molar-refractivity contribution is 5.88. The minimum Gasteiger partial charge on any atom is -0.494 e. The molecule has 0 saturated carbocycles. The number of benzene rings is 1. The number of esters is 1. The first-order valence-corrected chi connectivity index (χ1v) is 6.50. The Morgan fingerprint density at radius 2 is 1.90 bits per heavy atom. The highest BCUT2D eigenvalue weighted by atomic mass is 16.5. The van der Waals surface area contributed by atoms with Crippen LogP contribution >= 0.6 is 0 Å². The van der Waals surface area contributed by atoms with Gasteiger partial charge in [0.1, 0.15) is 5.75 Å². The molecule has 1 heterocycles. The van der Waals surface area contributed by atoms with Crippen LogP contribution in [0, 0.1) is 6.92 Å². The van der Waals surface area contributed by atoms with Crippen LogP contribution in [-0.2, 0) is 4.74 Å². The maximum atomic E-state index is 11.7. The second kappa shape index (κ2) is 6.18. The van der Waals surface area contributed by atoms with Crippen LogP contribution in [0.2, 0.25) is 0 Å². The van der Waals surface area contributed by atoms with Crippen LogP contribution in [0.25, 0.3) is 5.69 Å². The molecule has 0 N–H and O–H groups in total. The van der Waals surface area contributed by atoms with Crippen molar-refractivity contribution >= 4 is 5.97 Å². The van der Waals surface area contributed by atoms with Crippen molar-refractivity contribution in [2.75, 3.05) is 13.2 Å². The van der Waals surface area contributed by atoms with Gasteiger partial charge in [0, 0.05) is 0 Å². The van der Waals surface area contributed by atoms with Crippen molar-refractivity contribution in [1.29, 1.82) is 0 Å². The van der Waals surface area contributed by atoms with Crippen molar-refractivity contribution in [3.8, 4) is 11.4 Å². The molecular formula is C14H17N3O3. The number of carbonyl (C=O) groups is 1. The zero-order valence-corrected chi connectivity index (χ0v) is 11.8. The molecule has 0 saturated heterocycles. The van der Waals surface area contributed by atoms with Crippen LogP contribution in [-0.4, -0.2) is 34.2 Å². The first-order valence-electron chi connectivity index (χ1n) is 6.50. The van der Waals surface area contributed by atoms with Crippen LogP contribution in [0.5, 0.6) is 5.75 Å². The fraction of sp³-hybridized carbons (Fsp3) is 0.357. The Morgan fingerprint density at radius 1 is 1.20 bits per heavy atom. The molecule has 0 aliphatic heterocycles. The van der Waals surface area contributed by atoms with Gasteiger partial charge in [0.2, 0.25) is 0 Å². The molecule has 0 bridgehead atoms. The molecule has 1 aromatic carbocycles. The summed E-state index contributed by atoms with van der Waals surface area (Å²) >= 11 is 0. The van der Waals surface area contributed by atoms with E-state index in [0.717, 1.165) is 11.4 Å². The molecule has 0 radical (unpaired) electrons. The highest BCUT2D eigenvalue weighted by Gasteiger charge is 2.18. The van der Waals surface area contributed by atoms with Crippen LogP contribution < -0.4 is 4.74 Å². The van der Waals surface area contributed by atoms with Gasteiger partial charge in [-0.2, -0.15) is 0 Å². The summed E-state index contributed by atoms with van der Waals surface area (Å²) in [5.74, 6) is 0.335. The lowest BCUT2D eigenvalue weighted by Crippen LogP contribution is -2.07. The molecule has 2 rings (SSSR count). The van der Waals surface area contributed by atoms with E-state index in [1.165, 1.54) is 0 Å². The van der Waals surface area contributed by atoms with E-state index in [0.29, 0.717) is 18.9 Å². The minimum absolute atomic E-state index is 0.237. The molecular weight excluding hydrogens is 258 g/mol. The molecule has 20 heavy (non-hydrogen) atoms. The van der Waals surface area contributed by atoms with Gasteiger partial charge in [-0.3, -0.25) is 0 Å². The molecule has 0 fully saturated rings. The van der Waals surface area contributed by atoms with Crippen molar-refractivity contribution in [3.05, 3.63) is 35.7 Å². The molecule has 1 aromatic heterocycles. The average Bonchev–Trinajstić information content (AvgIpc) is 2.82. The summed E-state index contributed by atoms with van der Waals surface area (Å²) in [5, 5.41) is 7.87. The number of rotatable bonds is 5. The first-order chi connectivity index (χ1) is 9.67. The summed E-state index contributed by atoms with van der Waals surface area (Å²) in [4.78, 5) is 11.7. The Balaban J connectivity index is 2.27. The third-order valence-electron chi connectivity index (χ3n) is 2.76. The van der Waals surface area contributed by atoms with Gasteiger partial charge in [0.25, 0.3) is 0 Å². The quantitative estimate of drug-likeness (QED) is 0.782. The van der Waals surface area contributed by atoms with E-state index < -0.39 is 5.97 Å². The molecule has 6 nitrogen and oxygen atoms in total. The Bertz CT molecular complexity index is 590. The minimum atomic E-state index is -0.456. The summed E-state index contributed by atoms with van der Waals surface area (Å²) < 4.78 is 11.9. The second-order valence-electron chi connectivity index (χ2n) is 4.08. The first kappa shape index (κ1) is 14.0. The van der Waals surface area contributed by atoms with Gasteiger partial charge in [0.15, 0.2) is 5.69 Å². The van der Waals surface area contributed by atoms with E-state index in [-0.39, 0.29) is 5.69 Å². The lowest BCUT2D eigenvalue weighted by atomic mass is 10.3. The Hall–Kier alpha value is -2.37. The van der Waals surface area contributed by atoms with Crippen molar-refractivity contribution in [3.63, 3.8) is 0 Å². The fourth-order valence-corrected chi connectivity index (χ4v) is 1.81. The van der Waals surface area contributed by atoms with Gasteiger partial charge in [-0.05, 0) is 45.0 Å². The maximum Gasteiger partial charge on any atom is 0.360 e. The summed E-state index contributed by atoms with van der Waals surface area (Å²) in [7, 11) is 0. The standard InChI is InChI=1S/C14H17N3O3/c1-4-19-12-8-6-11(7-9-12)17-10(3)13(15-16-17)14(18)20-5-2/h6-9H,4-5H2,1-3H3. The summed E-state index contributed by atoms with van der Waals surface area (Å²) in [6, 6.07) is 7.43. The molecule has 106 valence electrons. The third kappa shape index (κ3) is 2.79. The van der Waals surface area contributed by atoms with E-state index in [2.05, 4.69) is 10.3 Å². The molecule has 0 unspecified atom stereocenters. The summed E-state index contributed by atoms with van der Waals surface area (Å²) in [6.07, 6.45) is 0. The topological polar surface area (TPSA) is 66.2 Å². The number of hydrogen-bond donors (Lipinski definition) is 0. The van der Waals surface area contributed by atoms with E-state index in [4.69, 9.17) is 9.47 Å². The van der Waals surface area contributed by atoms with E-state index in [1.54, 1.807) is 18.5 Å². The van der Waals surface area contributed by atoms with E-state index >= 15 is 0 Å². The van der Waals surface area contributed by atoms with E-state index in [1.807, 2.05) is 31.2 Å². The van der Waals surface area contributed by atoms with Crippen LogP contribution in [0.1, 0.15) is 30.0 Å². The molecule has 0 spiro atoms. The number of carbonyl (C=O) groups excluding carboxylic acids is 1. The molecule has 6 heteroatoms. The number of nitrogens with zero attached hydrogens (tertiary/aromatic N) is 3. The maximum absolute atomic E-state index is 11.7. The van der Waals surface area contributed by atoms with Crippen LogP contribution in [0.3, 0.4) is 0 Å². The Kier molecular flexibility index (Phi) is 4.34. The van der Waals surface area contributed by atoms with Crippen molar-refractivity contribution < 1.29 is 14.3 Å². The zero-order chi connectivity index (χ0) is 14.5. The second-order valence-corrected chi connectivity index (χ2v) is 4.08. The van der Waals surface area contributed by atoms with E-state index in [9.17, 15) is 4.79 Å². The average molecular weight is 275 g/mol. The summed E-state index contributed by atoms with van der Waals surface area (Å²) in [5.41, 5.74) is 1.70. The molecule has 0 amide bonds. The van der Waals surface area contributed by atoms with Gasteiger partial charge in [-0.25, -0.2) is 9.48 Å². The number of aromatic nitrogens is 3. The fourth-order valence-electron chi connectivity index (χ4n) is 1.81. The van der Waals surface area contributed by atoms with Gasteiger partial charge in [-0.15, -0.1) is 5.10 Å². The Labute approximate surface area is 117 Å². The Morgan fingerprint density at radius 3 is 2.50 bits per heavy atom. The molecule has 0 aliphatic carbocycles. The smallest absolute Gasteiger partial charge is 0.360 e. The predicted octanol–water partition coefficient (Wildman–Crippen LogP) is 2.15. The van der Waals surface area contributed by atoms with Crippen LogP contribution in [0.4, 0.5) is 0 Å². The number of ether oxygens (including phenoxy) is 2. The van der Waals surface area contributed by atoms with Gasteiger partial charge in [-0.1, -0.05) is 5.21 Å². The van der Waals surface area contributed by atoms with Gasteiger partial charge >= 0.3 is 5.97 Å². The molecule has 0 aliphatic rings. The third-order valence-corrected chi connectivity index (χ3v) is 2.76. The highest BCUT2D eigenvalue weighted by Crippen LogP contribution is 2.17. The summed E-state index contributed by atoms with van der Waals surface area (Å²) in [6.45, 7) is 6.40. The predicted molar refractivity (Wildman–Crippen MR) is 73.2 cm³/mol. The van der Waals surface area contributed by atoms with Gasteiger partial charge in [0.05, 0.1) is 24.6 Å². The molecule has 0 atom stereocenters. The SMILES string of the molecule is CCOC(=O)c1nnn(-c2ccc(OCC)cc2)c1C. The molecule has 2 aromatic rings. The van der Waals surface area contributed by atoms with Crippen molar-refractivity contribution in [2.24, 2.45) is 0 Å². The van der Waals surface area contributed by atoms with Crippen molar-refractivity contribution in [1.82, 2.24) is 15.0 Å². The monoisotopic (exact) mass is 275 g/mol. The number of hydrogen-bond acceptors (Lipinski definition) is 5. The van der Waals surface area contributed by atoms with Crippen LogP contribution in [0.15, 0.2) is 24.3 Å². The normalized spacial score (nSPS) is 10.3. The lowest BCUT2D eigenvalue weighted by molar-refractivity contribution is 0.0518. The lowest BCUT2D eigenvalue weighted by Gasteiger charge is -2.06.